The summed E-state index contributed by atoms with van der Waals surface area (Å²) < 4.78 is 1.93. The molecular weight excluding hydrogens is 288 g/mol. The third-order valence-electron chi connectivity index (χ3n) is 3.61. The van der Waals surface area contributed by atoms with Gasteiger partial charge in [-0.15, -0.1) is 0 Å². The smallest absolute Gasteiger partial charge is 0.157 e. The average Bonchev–Trinajstić information content (AvgIpc) is 2.69. The third-order valence-corrected chi connectivity index (χ3v) is 3.89. The van der Waals surface area contributed by atoms with Gasteiger partial charge in [-0.25, -0.2) is 9.97 Å². The third kappa shape index (κ3) is 3.44. The van der Waals surface area contributed by atoms with Gasteiger partial charge in [0.05, 0.1) is 5.69 Å². The number of hydrogen-bond donors (Lipinski definition) is 2. The second-order valence-electron chi connectivity index (χ2n) is 4.94. The molecule has 2 N–H and O–H groups in total. The Kier molecular flexibility index (Phi) is 5.01. The molecule has 0 bridgehead atoms. The molecule has 6 nitrogen and oxygen atoms in total. The van der Waals surface area contributed by atoms with E-state index in [1.807, 2.05) is 11.7 Å². The molecular formula is C14H21ClN6. The molecule has 2 rings (SSSR count). The Balaban J connectivity index is 1.92. The number of aryl methyl sites for hydroxylation is 2. The van der Waals surface area contributed by atoms with Crippen LogP contribution >= 0.6 is 11.6 Å². The monoisotopic (exact) mass is 308 g/mol. The molecule has 0 fully saturated rings. The number of anilines is 2. The lowest BCUT2D eigenvalue weighted by atomic mass is 10.1. The first-order valence-electron chi connectivity index (χ1n) is 6.95. The molecule has 0 aliphatic carbocycles. The molecule has 0 atom stereocenters. The van der Waals surface area contributed by atoms with Gasteiger partial charge in [0, 0.05) is 26.3 Å². The normalized spacial score (nSPS) is 10.7. The highest BCUT2D eigenvalue weighted by Gasteiger charge is 2.10. The number of rotatable bonds is 6. The van der Waals surface area contributed by atoms with E-state index in [2.05, 4.69) is 39.5 Å². The molecule has 21 heavy (non-hydrogen) atoms. The highest BCUT2D eigenvalue weighted by Crippen LogP contribution is 2.25. The van der Waals surface area contributed by atoms with Crippen LogP contribution in [0, 0.1) is 13.8 Å². The van der Waals surface area contributed by atoms with E-state index in [4.69, 9.17) is 11.6 Å². The molecule has 0 amide bonds. The summed E-state index contributed by atoms with van der Waals surface area (Å²) in [4.78, 5) is 8.16. The largest absolute Gasteiger partial charge is 0.383 e. The van der Waals surface area contributed by atoms with Gasteiger partial charge in [0.1, 0.15) is 12.0 Å². The van der Waals surface area contributed by atoms with Crippen molar-refractivity contribution in [3.05, 3.63) is 28.4 Å². The molecule has 2 aromatic rings. The zero-order valence-electron chi connectivity index (χ0n) is 12.9. The van der Waals surface area contributed by atoms with Crippen LogP contribution in [0.15, 0.2) is 6.33 Å². The molecule has 7 heteroatoms. The molecule has 0 aliphatic rings. The number of aromatic nitrogens is 4. The molecule has 0 saturated carbocycles. The van der Waals surface area contributed by atoms with E-state index in [0.29, 0.717) is 5.15 Å². The summed E-state index contributed by atoms with van der Waals surface area (Å²) in [6, 6.07) is 0. The van der Waals surface area contributed by atoms with Crippen molar-refractivity contribution in [3.63, 3.8) is 0 Å². The summed E-state index contributed by atoms with van der Waals surface area (Å²) in [7, 11) is 3.78. The van der Waals surface area contributed by atoms with Gasteiger partial charge in [0.15, 0.2) is 11.0 Å². The topological polar surface area (TPSA) is 67.7 Å². The van der Waals surface area contributed by atoms with Gasteiger partial charge in [-0.05, 0) is 32.3 Å². The minimum atomic E-state index is 0.425. The summed E-state index contributed by atoms with van der Waals surface area (Å²) in [5, 5.41) is 11.2. The van der Waals surface area contributed by atoms with Crippen LogP contribution in [-0.4, -0.2) is 33.3 Å². The maximum atomic E-state index is 6.02. The SMILES string of the molecule is CNc1c(Cl)ncnc1NCCCc1c(C)nn(C)c1C. The van der Waals surface area contributed by atoms with E-state index >= 15 is 0 Å². The summed E-state index contributed by atoms with van der Waals surface area (Å²) in [6.45, 7) is 4.97. The molecule has 114 valence electrons. The number of hydrogen-bond acceptors (Lipinski definition) is 5. The zero-order valence-corrected chi connectivity index (χ0v) is 13.6. The molecule has 0 unspecified atom stereocenters. The van der Waals surface area contributed by atoms with Crippen LogP contribution in [0.2, 0.25) is 5.15 Å². The minimum Gasteiger partial charge on any atom is -0.383 e. The van der Waals surface area contributed by atoms with Crippen molar-refractivity contribution in [2.45, 2.75) is 26.7 Å². The molecule has 0 radical (unpaired) electrons. The van der Waals surface area contributed by atoms with E-state index in [1.165, 1.54) is 17.6 Å². The quantitative estimate of drug-likeness (QED) is 0.634. The fourth-order valence-corrected chi connectivity index (χ4v) is 2.60. The Morgan fingerprint density at radius 3 is 2.67 bits per heavy atom. The maximum absolute atomic E-state index is 6.02. The van der Waals surface area contributed by atoms with E-state index < -0.39 is 0 Å². The van der Waals surface area contributed by atoms with Crippen LogP contribution in [0.1, 0.15) is 23.4 Å². The number of halogens is 1. The lowest BCUT2D eigenvalue weighted by molar-refractivity contribution is 0.729. The van der Waals surface area contributed by atoms with Crippen molar-refractivity contribution in [2.24, 2.45) is 7.05 Å². The second-order valence-corrected chi connectivity index (χ2v) is 5.30. The fourth-order valence-electron chi connectivity index (χ4n) is 2.37. The fraction of sp³-hybridized carbons (Fsp3) is 0.500. The van der Waals surface area contributed by atoms with Crippen LogP contribution in [0.5, 0.6) is 0 Å². The lowest BCUT2D eigenvalue weighted by Gasteiger charge is -2.11. The highest BCUT2D eigenvalue weighted by molar-refractivity contribution is 6.32. The van der Waals surface area contributed by atoms with Crippen LogP contribution in [0.25, 0.3) is 0 Å². The Hall–Kier alpha value is -1.82. The van der Waals surface area contributed by atoms with Gasteiger partial charge in [-0.3, -0.25) is 4.68 Å². The van der Waals surface area contributed by atoms with E-state index in [0.717, 1.165) is 36.6 Å². The van der Waals surface area contributed by atoms with Gasteiger partial charge >= 0.3 is 0 Å². The van der Waals surface area contributed by atoms with Gasteiger partial charge in [-0.2, -0.15) is 5.10 Å². The summed E-state index contributed by atoms with van der Waals surface area (Å²) in [5.74, 6) is 0.733. The Morgan fingerprint density at radius 2 is 2.05 bits per heavy atom. The van der Waals surface area contributed by atoms with Crippen LogP contribution < -0.4 is 10.6 Å². The maximum Gasteiger partial charge on any atom is 0.157 e. The van der Waals surface area contributed by atoms with Crippen LogP contribution in [0.3, 0.4) is 0 Å². The first-order chi connectivity index (χ1) is 10.0. The Labute approximate surface area is 129 Å². The van der Waals surface area contributed by atoms with Gasteiger partial charge < -0.3 is 10.6 Å². The van der Waals surface area contributed by atoms with Crippen molar-refractivity contribution < 1.29 is 0 Å². The predicted octanol–water partition coefficient (Wildman–Crippen LogP) is 2.57. The van der Waals surface area contributed by atoms with Crippen molar-refractivity contribution in [1.82, 2.24) is 19.7 Å². The summed E-state index contributed by atoms with van der Waals surface area (Å²) in [5.41, 5.74) is 4.39. The van der Waals surface area contributed by atoms with Gasteiger partial charge in [0.25, 0.3) is 0 Å². The standard InChI is InChI=1S/C14H21ClN6/c1-9-11(10(2)21(4)20-9)6-5-7-17-14-12(16-3)13(15)18-8-19-14/h8,16H,5-7H2,1-4H3,(H,17,18,19). The van der Waals surface area contributed by atoms with Crippen molar-refractivity contribution >= 4 is 23.1 Å². The first-order valence-corrected chi connectivity index (χ1v) is 7.33. The highest BCUT2D eigenvalue weighted by atomic mass is 35.5. The van der Waals surface area contributed by atoms with E-state index in [-0.39, 0.29) is 0 Å². The zero-order chi connectivity index (χ0) is 15.4. The Morgan fingerprint density at radius 1 is 1.29 bits per heavy atom. The molecule has 0 aliphatic heterocycles. The average molecular weight is 309 g/mol. The van der Waals surface area contributed by atoms with E-state index in [1.54, 1.807) is 7.05 Å². The van der Waals surface area contributed by atoms with Crippen molar-refractivity contribution in [3.8, 4) is 0 Å². The van der Waals surface area contributed by atoms with Gasteiger partial charge in [0.2, 0.25) is 0 Å². The molecule has 0 saturated heterocycles. The minimum absolute atomic E-state index is 0.425. The predicted molar refractivity (Wildman–Crippen MR) is 86.1 cm³/mol. The molecule has 0 spiro atoms. The Bertz CT molecular complexity index is 622. The molecule has 0 aromatic carbocycles. The second kappa shape index (κ2) is 6.76. The van der Waals surface area contributed by atoms with Crippen LogP contribution in [-0.2, 0) is 13.5 Å². The van der Waals surface area contributed by atoms with E-state index in [9.17, 15) is 0 Å². The van der Waals surface area contributed by atoms with Crippen LogP contribution in [0.4, 0.5) is 11.5 Å². The molecule has 2 heterocycles. The molecule has 2 aromatic heterocycles. The lowest BCUT2D eigenvalue weighted by Crippen LogP contribution is -2.08. The first kappa shape index (κ1) is 15.6. The van der Waals surface area contributed by atoms with Crippen molar-refractivity contribution in [2.75, 3.05) is 24.2 Å². The number of nitrogens with one attached hydrogen (secondary N) is 2. The number of nitrogens with zero attached hydrogens (tertiary/aromatic N) is 4. The summed E-state index contributed by atoms with van der Waals surface area (Å²) in [6.07, 6.45) is 3.45. The van der Waals surface area contributed by atoms with Gasteiger partial charge in [-0.1, -0.05) is 11.6 Å². The van der Waals surface area contributed by atoms with Crippen molar-refractivity contribution in [1.29, 1.82) is 0 Å². The summed E-state index contributed by atoms with van der Waals surface area (Å²) >= 11 is 6.02.